The Hall–Kier alpha value is -1.91. The molecule has 0 radical (unpaired) electrons. The van der Waals surface area contributed by atoms with Crippen LogP contribution in [0.3, 0.4) is 0 Å². The highest BCUT2D eigenvalue weighted by atomic mass is 19.2. The van der Waals surface area contributed by atoms with E-state index in [1.165, 1.54) is 0 Å². The topological polar surface area (TPSA) is 46.5 Å². The largest absolute Gasteiger partial charge is 0.480 e. The van der Waals surface area contributed by atoms with E-state index >= 15 is 0 Å². The van der Waals surface area contributed by atoms with Gasteiger partial charge in [0.25, 0.3) is 0 Å². The van der Waals surface area contributed by atoms with Gasteiger partial charge in [-0.1, -0.05) is 6.58 Å². The van der Waals surface area contributed by atoms with Crippen LogP contribution >= 0.6 is 0 Å². The van der Waals surface area contributed by atoms with E-state index in [-0.39, 0.29) is 11.3 Å². The van der Waals surface area contributed by atoms with Crippen molar-refractivity contribution in [2.24, 2.45) is 0 Å². The van der Waals surface area contributed by atoms with Gasteiger partial charge in [-0.3, -0.25) is 0 Å². The fraction of sp³-hybridized carbons (Fsp3) is 0.357. The molecule has 1 aliphatic rings. The highest BCUT2D eigenvalue weighted by Gasteiger charge is 2.34. The molecule has 0 amide bonds. The van der Waals surface area contributed by atoms with E-state index in [0.29, 0.717) is 18.9 Å². The molecule has 0 aliphatic heterocycles. The lowest BCUT2D eigenvalue weighted by Gasteiger charge is -2.27. The van der Waals surface area contributed by atoms with Crippen molar-refractivity contribution in [1.29, 1.82) is 0 Å². The van der Waals surface area contributed by atoms with Crippen molar-refractivity contribution < 1.29 is 23.4 Å². The number of carboxylic acid groups (broad SMARTS) is 1. The summed E-state index contributed by atoms with van der Waals surface area (Å²) in [6, 6.07) is 1.64. The van der Waals surface area contributed by atoms with E-state index in [1.807, 2.05) is 0 Å². The van der Waals surface area contributed by atoms with Gasteiger partial charge in [0.1, 0.15) is 5.60 Å². The Kier molecular flexibility index (Phi) is 3.55. The normalized spacial score (nSPS) is 17.2. The predicted octanol–water partition coefficient (Wildman–Crippen LogP) is 3.54. The lowest BCUT2D eigenvalue weighted by molar-refractivity contribution is 0.0693. The lowest BCUT2D eigenvalue weighted by Crippen LogP contribution is -2.30. The standard InChI is InChI=1S/C14H14F2O3/c1-2-14(5-3-4-6-14)19-11-8-9(13(17)18)7-10(15)12(11)16/h2,7-8H,1,3-6H2,(H,17,18). The van der Waals surface area contributed by atoms with Gasteiger partial charge in [0.05, 0.1) is 5.56 Å². The van der Waals surface area contributed by atoms with Gasteiger partial charge >= 0.3 is 5.97 Å². The Labute approximate surface area is 109 Å². The summed E-state index contributed by atoms with van der Waals surface area (Å²) in [5.74, 6) is -4.10. The first-order valence-electron chi connectivity index (χ1n) is 6.02. The molecule has 5 heteroatoms. The van der Waals surface area contributed by atoms with Gasteiger partial charge in [-0.2, -0.15) is 4.39 Å². The van der Waals surface area contributed by atoms with E-state index in [1.54, 1.807) is 6.08 Å². The minimum atomic E-state index is -1.33. The van der Waals surface area contributed by atoms with Crippen molar-refractivity contribution in [3.05, 3.63) is 42.0 Å². The number of hydrogen-bond acceptors (Lipinski definition) is 2. The van der Waals surface area contributed by atoms with E-state index in [4.69, 9.17) is 9.84 Å². The summed E-state index contributed by atoms with van der Waals surface area (Å²) in [4.78, 5) is 10.8. The molecule has 0 bridgehead atoms. The fourth-order valence-electron chi connectivity index (χ4n) is 2.30. The van der Waals surface area contributed by atoms with Crippen molar-refractivity contribution >= 4 is 5.97 Å². The molecule has 1 saturated carbocycles. The van der Waals surface area contributed by atoms with E-state index in [0.717, 1.165) is 18.9 Å². The monoisotopic (exact) mass is 268 g/mol. The number of aromatic carboxylic acids is 1. The second-order valence-corrected chi connectivity index (χ2v) is 4.65. The van der Waals surface area contributed by atoms with Crippen LogP contribution in [-0.2, 0) is 0 Å². The van der Waals surface area contributed by atoms with Gasteiger partial charge in [0.15, 0.2) is 11.6 Å². The SMILES string of the molecule is C=CC1(Oc2cc(C(=O)O)cc(F)c2F)CCCC1. The average Bonchev–Trinajstić information content (AvgIpc) is 2.83. The Bertz CT molecular complexity index is 520. The molecule has 0 heterocycles. The first-order chi connectivity index (χ1) is 8.97. The molecule has 1 aliphatic carbocycles. The molecule has 2 rings (SSSR count). The molecule has 19 heavy (non-hydrogen) atoms. The predicted molar refractivity (Wildman–Crippen MR) is 65.3 cm³/mol. The van der Waals surface area contributed by atoms with Crippen LogP contribution < -0.4 is 4.74 Å². The van der Waals surface area contributed by atoms with Crippen LogP contribution in [-0.4, -0.2) is 16.7 Å². The third-order valence-electron chi connectivity index (χ3n) is 3.38. The quantitative estimate of drug-likeness (QED) is 0.849. The van der Waals surface area contributed by atoms with Gasteiger partial charge in [-0.05, 0) is 43.9 Å². The van der Waals surface area contributed by atoms with Gasteiger partial charge in [-0.25, -0.2) is 9.18 Å². The van der Waals surface area contributed by atoms with Crippen LogP contribution in [0.1, 0.15) is 36.0 Å². The molecule has 0 aromatic heterocycles. The molecule has 1 aromatic carbocycles. The van der Waals surface area contributed by atoms with Crippen LogP contribution in [0.15, 0.2) is 24.8 Å². The average molecular weight is 268 g/mol. The van der Waals surface area contributed by atoms with Crippen LogP contribution in [0.25, 0.3) is 0 Å². The fourth-order valence-corrected chi connectivity index (χ4v) is 2.30. The summed E-state index contributed by atoms with van der Waals surface area (Å²) in [5, 5.41) is 8.84. The molecule has 3 nitrogen and oxygen atoms in total. The van der Waals surface area contributed by atoms with Crippen molar-refractivity contribution in [3.63, 3.8) is 0 Å². The molecule has 0 saturated heterocycles. The zero-order valence-electron chi connectivity index (χ0n) is 10.3. The van der Waals surface area contributed by atoms with Crippen molar-refractivity contribution in [3.8, 4) is 5.75 Å². The molecule has 1 fully saturated rings. The number of carbonyl (C=O) groups is 1. The second kappa shape index (κ2) is 4.99. The van der Waals surface area contributed by atoms with Gasteiger partial charge < -0.3 is 9.84 Å². The zero-order chi connectivity index (χ0) is 14.0. The number of rotatable bonds is 4. The molecular weight excluding hydrogens is 254 g/mol. The van der Waals surface area contributed by atoms with Gasteiger partial charge in [-0.15, -0.1) is 0 Å². The summed E-state index contributed by atoms with van der Waals surface area (Å²) in [6.45, 7) is 3.66. The Balaban J connectivity index is 2.38. The number of carboxylic acids is 1. The van der Waals surface area contributed by atoms with Crippen LogP contribution in [0.2, 0.25) is 0 Å². The summed E-state index contributed by atoms with van der Waals surface area (Å²) >= 11 is 0. The van der Waals surface area contributed by atoms with Crippen LogP contribution in [0.5, 0.6) is 5.75 Å². The summed E-state index contributed by atoms with van der Waals surface area (Å²) < 4.78 is 32.6. The van der Waals surface area contributed by atoms with Crippen LogP contribution in [0, 0.1) is 11.6 Å². The molecule has 0 unspecified atom stereocenters. The Morgan fingerprint density at radius 2 is 2.00 bits per heavy atom. The molecular formula is C14H14F2O3. The third kappa shape index (κ3) is 2.59. The first-order valence-corrected chi connectivity index (χ1v) is 6.02. The van der Waals surface area contributed by atoms with E-state index < -0.39 is 23.2 Å². The number of ether oxygens (including phenoxy) is 1. The maximum Gasteiger partial charge on any atom is 0.335 e. The maximum absolute atomic E-state index is 13.7. The summed E-state index contributed by atoms with van der Waals surface area (Å²) in [6.07, 6.45) is 4.72. The highest BCUT2D eigenvalue weighted by Crippen LogP contribution is 2.37. The lowest BCUT2D eigenvalue weighted by atomic mass is 10.0. The Morgan fingerprint density at radius 1 is 1.37 bits per heavy atom. The van der Waals surface area contributed by atoms with Gasteiger partial charge in [0.2, 0.25) is 5.82 Å². The summed E-state index contributed by atoms with van der Waals surface area (Å²) in [7, 11) is 0. The molecule has 0 atom stereocenters. The minimum absolute atomic E-state index is 0.342. The van der Waals surface area contributed by atoms with Gasteiger partial charge in [0, 0.05) is 0 Å². The number of hydrogen-bond donors (Lipinski definition) is 1. The third-order valence-corrected chi connectivity index (χ3v) is 3.38. The van der Waals surface area contributed by atoms with E-state index in [9.17, 15) is 13.6 Å². The van der Waals surface area contributed by atoms with Crippen molar-refractivity contribution in [1.82, 2.24) is 0 Å². The first kappa shape index (κ1) is 13.5. The van der Waals surface area contributed by atoms with Crippen LogP contribution in [0.4, 0.5) is 8.78 Å². The number of halogens is 2. The second-order valence-electron chi connectivity index (χ2n) is 4.65. The zero-order valence-corrected chi connectivity index (χ0v) is 10.3. The van der Waals surface area contributed by atoms with Crippen molar-refractivity contribution in [2.75, 3.05) is 0 Å². The van der Waals surface area contributed by atoms with Crippen molar-refractivity contribution in [2.45, 2.75) is 31.3 Å². The molecule has 102 valence electrons. The maximum atomic E-state index is 13.7. The highest BCUT2D eigenvalue weighted by molar-refractivity contribution is 5.88. The number of benzene rings is 1. The minimum Gasteiger partial charge on any atom is -0.480 e. The van der Waals surface area contributed by atoms with E-state index in [2.05, 4.69) is 6.58 Å². The molecule has 0 spiro atoms. The smallest absolute Gasteiger partial charge is 0.335 e. The molecule has 1 aromatic rings. The molecule has 1 N–H and O–H groups in total. The Morgan fingerprint density at radius 3 is 2.53 bits per heavy atom. The summed E-state index contributed by atoms with van der Waals surface area (Å²) in [5.41, 5.74) is -1.07.